The highest BCUT2D eigenvalue weighted by molar-refractivity contribution is 6.02. The van der Waals surface area contributed by atoms with Crippen molar-refractivity contribution in [1.82, 2.24) is 4.90 Å². The Bertz CT molecular complexity index is 801. The van der Waals surface area contributed by atoms with E-state index in [4.69, 9.17) is 18.9 Å². The van der Waals surface area contributed by atoms with Gasteiger partial charge in [0.25, 0.3) is 0 Å². The molecule has 0 radical (unpaired) electrons. The van der Waals surface area contributed by atoms with E-state index in [2.05, 4.69) is 0 Å². The lowest BCUT2D eigenvalue weighted by Gasteiger charge is -2.49. The Morgan fingerprint density at radius 1 is 1.19 bits per heavy atom. The summed E-state index contributed by atoms with van der Waals surface area (Å²) in [7, 11) is 0. The fourth-order valence-corrected chi connectivity index (χ4v) is 4.35. The van der Waals surface area contributed by atoms with E-state index in [1.54, 1.807) is 4.90 Å². The predicted octanol–water partition coefficient (Wildman–Crippen LogP) is 4.36. The molecule has 0 saturated carbocycles. The molecule has 172 valence electrons. The minimum Gasteiger partial charge on any atom is -0.485 e. The van der Waals surface area contributed by atoms with E-state index in [-0.39, 0.29) is 11.9 Å². The summed E-state index contributed by atoms with van der Waals surface area (Å²) in [5.74, 6) is -0.0408. The first-order chi connectivity index (χ1) is 14.6. The number of carbonyl (C=O) groups excluding carboxylic acids is 2. The summed E-state index contributed by atoms with van der Waals surface area (Å²) in [6.07, 6.45) is -0.0622. The van der Waals surface area contributed by atoms with Crippen LogP contribution in [0.2, 0.25) is 0 Å². The molecule has 1 aromatic carbocycles. The molecule has 7 heteroatoms. The number of Topliss-reactive ketones (excluding diaryl/α,β-unsaturated/α-hetero) is 1. The smallest absolute Gasteiger partial charge is 0.410 e. The summed E-state index contributed by atoms with van der Waals surface area (Å²) >= 11 is 0. The highest BCUT2D eigenvalue weighted by Gasteiger charge is 2.55. The van der Waals surface area contributed by atoms with E-state index in [1.165, 1.54) is 0 Å². The van der Waals surface area contributed by atoms with Gasteiger partial charge in [0.1, 0.15) is 22.9 Å². The van der Waals surface area contributed by atoms with E-state index >= 15 is 0 Å². The van der Waals surface area contributed by atoms with Crippen LogP contribution in [-0.2, 0) is 14.2 Å². The molecule has 0 aliphatic carbocycles. The number of carbonyl (C=O) groups is 2. The van der Waals surface area contributed by atoms with Gasteiger partial charge in [0, 0.05) is 39.1 Å². The topological polar surface area (TPSA) is 74.3 Å². The highest BCUT2D eigenvalue weighted by Crippen LogP contribution is 2.45. The van der Waals surface area contributed by atoms with Crippen LogP contribution in [0.4, 0.5) is 4.79 Å². The average molecular weight is 434 g/mol. The fraction of sp³-hybridized carbons (Fsp3) is 0.667. The molecule has 2 aliphatic rings. The lowest BCUT2D eigenvalue weighted by molar-refractivity contribution is -0.198. The zero-order valence-corrected chi connectivity index (χ0v) is 19.5. The zero-order chi connectivity index (χ0) is 22.8. The second-order valence-corrected chi connectivity index (χ2v) is 9.25. The van der Waals surface area contributed by atoms with Gasteiger partial charge in [-0.3, -0.25) is 4.79 Å². The van der Waals surface area contributed by atoms with Gasteiger partial charge in [-0.25, -0.2) is 4.79 Å². The van der Waals surface area contributed by atoms with E-state index in [0.717, 1.165) is 5.56 Å². The third-order valence-corrected chi connectivity index (χ3v) is 5.76. The maximum atomic E-state index is 13.7. The Morgan fingerprint density at radius 3 is 2.35 bits per heavy atom. The van der Waals surface area contributed by atoms with E-state index in [1.807, 2.05) is 59.7 Å². The molecule has 1 atom stereocenters. The number of ether oxygens (including phenoxy) is 4. The van der Waals surface area contributed by atoms with Crippen molar-refractivity contribution >= 4 is 11.9 Å². The van der Waals surface area contributed by atoms with Gasteiger partial charge in [-0.2, -0.15) is 0 Å². The molecule has 0 bridgehead atoms. The number of nitrogens with zero attached hydrogens (tertiary/aromatic N) is 1. The van der Waals surface area contributed by atoms with Crippen molar-refractivity contribution in [2.75, 3.05) is 26.3 Å². The largest absolute Gasteiger partial charge is 0.485 e. The third-order valence-electron chi connectivity index (χ3n) is 5.76. The van der Waals surface area contributed by atoms with Crippen molar-refractivity contribution in [2.45, 2.75) is 71.9 Å². The lowest BCUT2D eigenvalue weighted by atomic mass is 9.73. The summed E-state index contributed by atoms with van der Waals surface area (Å²) < 4.78 is 23.8. The van der Waals surface area contributed by atoms with Crippen molar-refractivity contribution in [2.24, 2.45) is 5.92 Å². The Balaban J connectivity index is 1.92. The number of aryl methyl sites for hydroxylation is 1. The van der Waals surface area contributed by atoms with Crippen LogP contribution in [-0.4, -0.2) is 60.6 Å². The molecule has 1 aromatic rings. The Morgan fingerprint density at radius 2 is 1.81 bits per heavy atom. The van der Waals surface area contributed by atoms with Gasteiger partial charge in [-0.05, 0) is 59.2 Å². The quantitative estimate of drug-likeness (QED) is 0.643. The number of fused-ring (bicyclic) bond motifs is 1. The number of amides is 1. The lowest BCUT2D eigenvalue weighted by Crippen LogP contribution is -2.61. The summed E-state index contributed by atoms with van der Waals surface area (Å²) in [5, 5.41) is 0. The van der Waals surface area contributed by atoms with Gasteiger partial charge in [0.2, 0.25) is 0 Å². The molecule has 1 amide bonds. The normalized spacial score (nSPS) is 20.5. The summed E-state index contributed by atoms with van der Waals surface area (Å²) in [6, 6.07) is 5.63. The first kappa shape index (κ1) is 23.5. The zero-order valence-electron chi connectivity index (χ0n) is 19.5. The van der Waals surface area contributed by atoms with Crippen LogP contribution in [0.5, 0.6) is 5.75 Å². The summed E-state index contributed by atoms with van der Waals surface area (Å²) in [4.78, 5) is 27.9. The van der Waals surface area contributed by atoms with Gasteiger partial charge < -0.3 is 23.8 Å². The molecule has 3 rings (SSSR count). The minimum absolute atomic E-state index is 0.0288. The van der Waals surface area contributed by atoms with Gasteiger partial charge in [0.05, 0.1) is 5.56 Å². The van der Waals surface area contributed by atoms with Crippen LogP contribution >= 0.6 is 0 Å². The number of benzene rings is 1. The number of piperidine rings is 1. The SMILES string of the molecule is CCOC(OCC)C1C(=O)c2ccc(C)cc2OC12CCN(C(=O)OC(C)(C)C)CC2. The highest BCUT2D eigenvalue weighted by atomic mass is 16.7. The number of hydrogen-bond donors (Lipinski definition) is 0. The van der Waals surface area contributed by atoms with Crippen LogP contribution in [0, 0.1) is 12.8 Å². The number of likely N-dealkylation sites (tertiary alicyclic amines) is 1. The van der Waals surface area contributed by atoms with Gasteiger partial charge in [0.15, 0.2) is 12.1 Å². The number of hydrogen-bond acceptors (Lipinski definition) is 6. The van der Waals surface area contributed by atoms with Crippen molar-refractivity contribution in [3.8, 4) is 5.75 Å². The maximum Gasteiger partial charge on any atom is 0.410 e. The van der Waals surface area contributed by atoms with E-state index in [0.29, 0.717) is 50.5 Å². The molecule has 1 spiro atoms. The Labute approximate surface area is 185 Å². The second kappa shape index (κ2) is 9.17. The molecule has 1 unspecified atom stereocenters. The van der Waals surface area contributed by atoms with Crippen LogP contribution in [0.3, 0.4) is 0 Å². The predicted molar refractivity (Wildman–Crippen MR) is 116 cm³/mol. The molecule has 1 fully saturated rings. The molecular weight excluding hydrogens is 398 g/mol. The maximum absolute atomic E-state index is 13.7. The molecule has 2 aliphatic heterocycles. The first-order valence-electron chi connectivity index (χ1n) is 11.1. The minimum atomic E-state index is -0.800. The van der Waals surface area contributed by atoms with Crippen LogP contribution in [0.25, 0.3) is 0 Å². The fourth-order valence-electron chi connectivity index (χ4n) is 4.35. The molecule has 0 aromatic heterocycles. The molecule has 1 saturated heterocycles. The summed E-state index contributed by atoms with van der Waals surface area (Å²) in [6.45, 7) is 13.0. The van der Waals surface area contributed by atoms with Crippen molar-refractivity contribution in [3.05, 3.63) is 29.3 Å². The third kappa shape index (κ3) is 5.04. The second-order valence-electron chi connectivity index (χ2n) is 9.25. The standard InChI is InChI=1S/C24H35NO6/c1-7-28-21(29-8-2)19-20(26)17-10-9-16(3)15-18(17)30-24(19)11-13-25(14-12-24)22(27)31-23(4,5)6/h9-10,15,19,21H,7-8,11-14H2,1-6H3. The van der Waals surface area contributed by atoms with Crippen LogP contribution < -0.4 is 4.74 Å². The Kier molecular flexibility index (Phi) is 6.96. The molecule has 7 nitrogen and oxygen atoms in total. The van der Waals surface area contributed by atoms with Crippen molar-refractivity contribution in [3.63, 3.8) is 0 Å². The summed E-state index contributed by atoms with van der Waals surface area (Å²) in [5.41, 5.74) is 0.223. The molecule has 2 heterocycles. The average Bonchev–Trinajstić information content (AvgIpc) is 2.67. The van der Waals surface area contributed by atoms with E-state index in [9.17, 15) is 9.59 Å². The number of ketones is 1. The molecule has 31 heavy (non-hydrogen) atoms. The Hall–Kier alpha value is -2.12. The van der Waals surface area contributed by atoms with E-state index < -0.39 is 23.4 Å². The molecular formula is C24H35NO6. The van der Waals surface area contributed by atoms with Gasteiger partial charge in [-0.15, -0.1) is 0 Å². The first-order valence-corrected chi connectivity index (χ1v) is 11.1. The van der Waals surface area contributed by atoms with Gasteiger partial charge >= 0.3 is 6.09 Å². The molecule has 0 N–H and O–H groups in total. The monoisotopic (exact) mass is 433 g/mol. The van der Waals surface area contributed by atoms with Crippen molar-refractivity contribution < 1.29 is 28.5 Å². The van der Waals surface area contributed by atoms with Crippen LogP contribution in [0.1, 0.15) is 63.4 Å². The number of rotatable bonds is 5. The van der Waals surface area contributed by atoms with Crippen molar-refractivity contribution in [1.29, 1.82) is 0 Å². The van der Waals surface area contributed by atoms with Crippen LogP contribution in [0.15, 0.2) is 18.2 Å². The van der Waals surface area contributed by atoms with Gasteiger partial charge in [-0.1, -0.05) is 6.07 Å².